The average molecular weight is 274 g/mol. The lowest BCUT2D eigenvalue weighted by molar-refractivity contribution is 0.0940. The molecule has 2 aliphatic rings. The number of fused-ring (bicyclic) bond motifs is 1. The van der Waals surface area contributed by atoms with Crippen molar-refractivity contribution in [2.24, 2.45) is 11.7 Å². The minimum atomic E-state index is 0.104. The Morgan fingerprint density at radius 1 is 1.35 bits per heavy atom. The first kappa shape index (κ1) is 13.9. The number of rotatable bonds is 2. The third-order valence-electron chi connectivity index (χ3n) is 4.89. The number of nitrogens with two attached hydrogens (primary N) is 1. The van der Waals surface area contributed by atoms with E-state index in [-0.39, 0.29) is 6.04 Å². The molecule has 1 aromatic carbocycles. The maximum atomic E-state index is 6.52. The molecule has 1 aromatic rings. The maximum Gasteiger partial charge on any atom is 0.124 e. The van der Waals surface area contributed by atoms with E-state index in [9.17, 15) is 0 Å². The van der Waals surface area contributed by atoms with E-state index in [1.807, 2.05) is 0 Å². The van der Waals surface area contributed by atoms with Gasteiger partial charge in [-0.2, -0.15) is 0 Å². The van der Waals surface area contributed by atoms with Crippen LogP contribution in [-0.2, 0) is 0 Å². The molecule has 3 heteroatoms. The molecule has 110 valence electrons. The largest absolute Gasteiger partial charge is 0.493 e. The van der Waals surface area contributed by atoms with Crippen LogP contribution in [0.1, 0.15) is 43.4 Å². The summed E-state index contributed by atoms with van der Waals surface area (Å²) >= 11 is 0. The van der Waals surface area contributed by atoms with Gasteiger partial charge in [-0.15, -0.1) is 0 Å². The lowest BCUT2D eigenvalue weighted by Crippen LogP contribution is -2.45. The predicted molar refractivity (Wildman–Crippen MR) is 82.0 cm³/mol. The molecule has 0 bridgehead atoms. The van der Waals surface area contributed by atoms with Crippen LogP contribution in [0.2, 0.25) is 0 Å². The van der Waals surface area contributed by atoms with Gasteiger partial charge in [0.1, 0.15) is 5.75 Å². The Morgan fingerprint density at radius 3 is 3.00 bits per heavy atom. The summed E-state index contributed by atoms with van der Waals surface area (Å²) in [7, 11) is 0. The number of hydrogen-bond acceptors (Lipinski definition) is 3. The normalized spacial score (nSPS) is 30.6. The molecular weight excluding hydrogens is 248 g/mol. The predicted octanol–water partition coefficient (Wildman–Crippen LogP) is 2.88. The summed E-state index contributed by atoms with van der Waals surface area (Å²) < 4.78 is 5.93. The van der Waals surface area contributed by atoms with E-state index in [4.69, 9.17) is 10.5 Å². The van der Waals surface area contributed by atoms with E-state index >= 15 is 0 Å². The molecule has 0 aliphatic carbocycles. The van der Waals surface area contributed by atoms with Gasteiger partial charge in [0.25, 0.3) is 0 Å². The molecule has 0 amide bonds. The van der Waals surface area contributed by atoms with Crippen LogP contribution in [0.25, 0.3) is 0 Å². The summed E-state index contributed by atoms with van der Waals surface area (Å²) in [5.41, 5.74) is 8.96. The average Bonchev–Trinajstić information content (AvgIpc) is 2.45. The highest BCUT2D eigenvalue weighted by Gasteiger charge is 2.31. The van der Waals surface area contributed by atoms with Gasteiger partial charge in [-0.25, -0.2) is 0 Å². The van der Waals surface area contributed by atoms with Crippen LogP contribution < -0.4 is 10.5 Å². The van der Waals surface area contributed by atoms with Crippen molar-refractivity contribution < 1.29 is 4.74 Å². The fraction of sp³-hybridized carbons (Fsp3) is 0.647. The number of nitrogens with zero attached hydrogens (tertiary/aromatic N) is 1. The third-order valence-corrected chi connectivity index (χ3v) is 4.89. The second-order valence-corrected chi connectivity index (χ2v) is 6.48. The van der Waals surface area contributed by atoms with Crippen LogP contribution in [-0.4, -0.2) is 30.6 Å². The second kappa shape index (κ2) is 5.74. The molecule has 0 radical (unpaired) electrons. The summed E-state index contributed by atoms with van der Waals surface area (Å²) in [5.74, 6) is 1.39. The lowest BCUT2D eigenvalue weighted by atomic mass is 9.89. The highest BCUT2D eigenvalue weighted by molar-refractivity contribution is 5.40. The number of benzene rings is 1. The van der Waals surface area contributed by atoms with Crippen molar-refractivity contribution >= 4 is 0 Å². The zero-order chi connectivity index (χ0) is 14.1. The number of aryl methyl sites for hydroxylation is 1. The first-order valence-electron chi connectivity index (χ1n) is 7.88. The van der Waals surface area contributed by atoms with Crippen molar-refractivity contribution in [2.75, 3.05) is 19.7 Å². The number of ether oxygens (including phenoxy) is 1. The van der Waals surface area contributed by atoms with Crippen LogP contribution in [0, 0.1) is 12.8 Å². The monoisotopic (exact) mass is 274 g/mol. The molecule has 1 fully saturated rings. The summed E-state index contributed by atoms with van der Waals surface area (Å²) in [5, 5.41) is 0. The lowest BCUT2D eigenvalue weighted by Gasteiger charge is -2.39. The second-order valence-electron chi connectivity index (χ2n) is 6.48. The van der Waals surface area contributed by atoms with Gasteiger partial charge in [0.15, 0.2) is 0 Å². The molecule has 3 rings (SSSR count). The van der Waals surface area contributed by atoms with Gasteiger partial charge >= 0.3 is 0 Å². The summed E-state index contributed by atoms with van der Waals surface area (Å²) in [6.45, 7) is 7.48. The Balaban J connectivity index is 1.73. The van der Waals surface area contributed by atoms with E-state index < -0.39 is 0 Å². The van der Waals surface area contributed by atoms with Crippen LogP contribution in [0.4, 0.5) is 0 Å². The van der Waals surface area contributed by atoms with Crippen LogP contribution >= 0.6 is 0 Å². The van der Waals surface area contributed by atoms with E-state index in [0.29, 0.717) is 12.0 Å². The Kier molecular flexibility index (Phi) is 3.99. The van der Waals surface area contributed by atoms with Crippen LogP contribution in [0.5, 0.6) is 5.75 Å². The molecule has 3 atom stereocenters. The first-order valence-corrected chi connectivity index (χ1v) is 7.88. The zero-order valence-corrected chi connectivity index (χ0v) is 12.6. The number of hydrogen-bond donors (Lipinski definition) is 1. The van der Waals surface area contributed by atoms with Crippen LogP contribution in [0.15, 0.2) is 18.2 Å². The molecule has 0 aromatic heterocycles. The molecule has 0 spiro atoms. The van der Waals surface area contributed by atoms with Crippen molar-refractivity contribution in [1.82, 2.24) is 4.90 Å². The van der Waals surface area contributed by atoms with Gasteiger partial charge < -0.3 is 15.4 Å². The van der Waals surface area contributed by atoms with E-state index in [2.05, 4.69) is 36.9 Å². The minimum Gasteiger partial charge on any atom is -0.493 e. The minimum absolute atomic E-state index is 0.104. The quantitative estimate of drug-likeness (QED) is 0.901. The standard InChI is InChI=1S/C17H26N2O/c1-12-6-7-16-15(9-12)17(18)14(11-20-16)10-19-8-4-3-5-13(19)2/h6-7,9,13-14,17H,3-5,8,10-11,18H2,1-2H3. The van der Waals surface area contributed by atoms with Crippen molar-refractivity contribution in [1.29, 1.82) is 0 Å². The summed E-state index contributed by atoms with van der Waals surface area (Å²) in [4.78, 5) is 2.60. The van der Waals surface area contributed by atoms with Gasteiger partial charge in [0.2, 0.25) is 0 Å². The van der Waals surface area contributed by atoms with Gasteiger partial charge in [0.05, 0.1) is 6.61 Å². The molecule has 3 unspecified atom stereocenters. The van der Waals surface area contributed by atoms with E-state index in [1.165, 1.54) is 36.9 Å². The summed E-state index contributed by atoms with van der Waals surface area (Å²) in [6.07, 6.45) is 4.01. The fourth-order valence-corrected chi connectivity index (χ4v) is 3.51. The highest BCUT2D eigenvalue weighted by Crippen LogP contribution is 2.35. The first-order chi connectivity index (χ1) is 9.65. The molecular formula is C17H26N2O. The zero-order valence-electron chi connectivity index (χ0n) is 12.6. The SMILES string of the molecule is Cc1ccc2c(c1)C(N)C(CN1CCCCC1C)CO2. The topological polar surface area (TPSA) is 38.5 Å². The van der Waals surface area contributed by atoms with E-state index in [0.717, 1.165) is 18.9 Å². The highest BCUT2D eigenvalue weighted by atomic mass is 16.5. The van der Waals surface area contributed by atoms with Crippen molar-refractivity contribution in [3.63, 3.8) is 0 Å². The van der Waals surface area contributed by atoms with Gasteiger partial charge in [-0.05, 0) is 39.3 Å². The van der Waals surface area contributed by atoms with Crippen molar-refractivity contribution in [2.45, 2.75) is 45.2 Å². The molecule has 3 nitrogen and oxygen atoms in total. The van der Waals surface area contributed by atoms with Crippen molar-refractivity contribution in [3.05, 3.63) is 29.3 Å². The molecule has 2 aliphatic heterocycles. The maximum absolute atomic E-state index is 6.52. The van der Waals surface area contributed by atoms with Crippen LogP contribution in [0.3, 0.4) is 0 Å². The fourth-order valence-electron chi connectivity index (χ4n) is 3.51. The molecule has 2 heterocycles. The molecule has 20 heavy (non-hydrogen) atoms. The van der Waals surface area contributed by atoms with Gasteiger partial charge in [-0.1, -0.05) is 24.1 Å². The number of likely N-dealkylation sites (tertiary alicyclic amines) is 1. The number of piperidine rings is 1. The molecule has 2 N–H and O–H groups in total. The Labute approximate surface area is 122 Å². The Morgan fingerprint density at radius 2 is 2.20 bits per heavy atom. The van der Waals surface area contributed by atoms with Gasteiger partial charge in [0, 0.05) is 30.1 Å². The smallest absolute Gasteiger partial charge is 0.124 e. The Hall–Kier alpha value is -1.06. The summed E-state index contributed by atoms with van der Waals surface area (Å²) in [6, 6.07) is 7.14. The van der Waals surface area contributed by atoms with E-state index in [1.54, 1.807) is 0 Å². The molecule has 1 saturated heterocycles. The van der Waals surface area contributed by atoms with Gasteiger partial charge in [-0.3, -0.25) is 0 Å². The Bertz CT molecular complexity index is 474. The van der Waals surface area contributed by atoms with Crippen molar-refractivity contribution in [3.8, 4) is 5.75 Å². The molecule has 0 saturated carbocycles. The third kappa shape index (κ3) is 2.70.